The molecular weight excluding hydrogens is 256 g/mol. The second kappa shape index (κ2) is 7.10. The third kappa shape index (κ3) is 3.67. The van der Waals surface area contributed by atoms with Gasteiger partial charge in [-0.3, -0.25) is 4.98 Å². The van der Waals surface area contributed by atoms with Gasteiger partial charge in [0.25, 0.3) is 0 Å². The summed E-state index contributed by atoms with van der Waals surface area (Å²) in [5.74, 6) is 0. The fraction of sp³-hybridized carbons (Fsp3) is 0.333. The number of aromatic nitrogens is 1. The van der Waals surface area contributed by atoms with Crippen LogP contribution >= 0.6 is 12.2 Å². The highest BCUT2D eigenvalue weighted by molar-refractivity contribution is 7.78. The van der Waals surface area contributed by atoms with Crippen molar-refractivity contribution in [2.45, 2.75) is 26.4 Å². The highest BCUT2D eigenvalue weighted by Crippen LogP contribution is 2.25. The lowest BCUT2D eigenvalue weighted by Gasteiger charge is -2.05. The molecule has 0 radical (unpaired) electrons. The van der Waals surface area contributed by atoms with Gasteiger partial charge in [-0.15, -0.1) is 0 Å². The van der Waals surface area contributed by atoms with Crippen molar-refractivity contribution in [1.29, 1.82) is 0 Å². The van der Waals surface area contributed by atoms with E-state index in [0.717, 1.165) is 41.6 Å². The molecule has 0 spiro atoms. The molecule has 1 aromatic heterocycles. The maximum atomic E-state index is 5.58. The van der Waals surface area contributed by atoms with Crippen molar-refractivity contribution in [2.24, 2.45) is 4.99 Å². The molecule has 0 saturated heterocycles. The summed E-state index contributed by atoms with van der Waals surface area (Å²) in [6.07, 6.45) is 4.06. The zero-order valence-electron chi connectivity index (χ0n) is 10.9. The van der Waals surface area contributed by atoms with Crippen LogP contribution in [-0.4, -0.2) is 16.8 Å². The summed E-state index contributed by atoms with van der Waals surface area (Å²) in [5, 5.41) is 4.49. The molecule has 0 N–H and O–H groups in total. The number of hydrogen-bond acceptors (Lipinski definition) is 4. The number of thiocarbonyl (C=S) groups is 1. The number of ether oxygens (including phenoxy) is 1. The summed E-state index contributed by atoms with van der Waals surface area (Å²) in [5.41, 5.74) is 1.74. The van der Waals surface area contributed by atoms with Gasteiger partial charge in [-0.25, -0.2) is 0 Å². The average Bonchev–Trinajstić information content (AvgIpc) is 2.44. The number of pyridine rings is 1. The van der Waals surface area contributed by atoms with E-state index < -0.39 is 0 Å². The zero-order valence-corrected chi connectivity index (χ0v) is 11.7. The van der Waals surface area contributed by atoms with Crippen molar-refractivity contribution < 1.29 is 4.74 Å². The maximum absolute atomic E-state index is 5.58. The topological polar surface area (TPSA) is 34.5 Å². The standard InChI is InChI=1S/C15H16N2OS/c1-2-3-7-18-10-13-8-14-12(9-16-13)5-4-6-15(14)17-11-19/h4-6,8-9H,2-3,7,10H2,1H3. The van der Waals surface area contributed by atoms with Crippen molar-refractivity contribution in [3.05, 3.63) is 36.2 Å². The molecule has 2 aromatic rings. The number of benzene rings is 1. The lowest BCUT2D eigenvalue weighted by molar-refractivity contribution is 0.115. The molecule has 0 aliphatic heterocycles. The van der Waals surface area contributed by atoms with Gasteiger partial charge >= 0.3 is 0 Å². The lowest BCUT2D eigenvalue weighted by atomic mass is 10.1. The summed E-state index contributed by atoms with van der Waals surface area (Å²) in [7, 11) is 0. The fourth-order valence-electron chi connectivity index (χ4n) is 1.85. The summed E-state index contributed by atoms with van der Waals surface area (Å²) < 4.78 is 5.58. The number of fused-ring (bicyclic) bond motifs is 1. The third-order valence-electron chi connectivity index (χ3n) is 2.86. The monoisotopic (exact) mass is 272 g/mol. The molecule has 1 heterocycles. The second-order valence-corrected chi connectivity index (χ2v) is 4.47. The molecule has 1 aromatic carbocycles. The normalized spacial score (nSPS) is 10.4. The Balaban J connectivity index is 2.23. The van der Waals surface area contributed by atoms with Crippen LogP contribution in [0.3, 0.4) is 0 Å². The summed E-state index contributed by atoms with van der Waals surface area (Å²) >= 11 is 4.67. The van der Waals surface area contributed by atoms with E-state index in [-0.39, 0.29) is 0 Å². The number of hydrogen-bond donors (Lipinski definition) is 0. The Labute approximate surface area is 118 Å². The van der Waals surface area contributed by atoms with Gasteiger partial charge in [0.1, 0.15) is 0 Å². The van der Waals surface area contributed by atoms with Crippen molar-refractivity contribution in [3.63, 3.8) is 0 Å². The Hall–Kier alpha value is -1.61. The van der Waals surface area contributed by atoms with E-state index in [9.17, 15) is 0 Å². The molecule has 0 atom stereocenters. The summed E-state index contributed by atoms with van der Waals surface area (Å²) in [6, 6.07) is 7.87. The van der Waals surface area contributed by atoms with Crippen LogP contribution < -0.4 is 0 Å². The Morgan fingerprint density at radius 1 is 1.42 bits per heavy atom. The first kappa shape index (κ1) is 13.8. The van der Waals surface area contributed by atoms with Crippen molar-refractivity contribution >= 4 is 33.8 Å². The van der Waals surface area contributed by atoms with E-state index in [1.807, 2.05) is 30.5 Å². The van der Waals surface area contributed by atoms with Crippen LogP contribution in [0, 0.1) is 0 Å². The Morgan fingerprint density at radius 3 is 3.11 bits per heavy atom. The van der Waals surface area contributed by atoms with Crippen LogP contribution in [0.25, 0.3) is 10.8 Å². The highest BCUT2D eigenvalue weighted by atomic mass is 32.1. The number of nitrogens with zero attached hydrogens (tertiary/aromatic N) is 2. The van der Waals surface area contributed by atoms with Gasteiger partial charge in [-0.1, -0.05) is 25.5 Å². The van der Waals surface area contributed by atoms with Gasteiger partial charge < -0.3 is 4.74 Å². The molecule has 0 aliphatic rings. The van der Waals surface area contributed by atoms with Gasteiger partial charge in [0, 0.05) is 23.6 Å². The fourth-order valence-corrected chi connectivity index (χ4v) is 1.94. The first-order chi connectivity index (χ1) is 9.35. The van der Waals surface area contributed by atoms with Crippen molar-refractivity contribution in [3.8, 4) is 0 Å². The Morgan fingerprint density at radius 2 is 2.32 bits per heavy atom. The Kier molecular flexibility index (Phi) is 5.16. The van der Waals surface area contributed by atoms with Crippen molar-refractivity contribution in [2.75, 3.05) is 6.61 Å². The molecule has 98 valence electrons. The number of aliphatic imine (C=N–C) groups is 1. The minimum Gasteiger partial charge on any atom is -0.375 e. The predicted molar refractivity (Wildman–Crippen MR) is 81.0 cm³/mol. The van der Waals surface area contributed by atoms with Crippen molar-refractivity contribution in [1.82, 2.24) is 4.98 Å². The molecule has 19 heavy (non-hydrogen) atoms. The summed E-state index contributed by atoms with van der Waals surface area (Å²) in [6.45, 7) is 3.45. The van der Waals surface area contributed by atoms with E-state index in [1.54, 1.807) is 0 Å². The molecule has 0 saturated carbocycles. The maximum Gasteiger partial charge on any atom is 0.0888 e. The van der Waals surface area contributed by atoms with Gasteiger partial charge in [0.2, 0.25) is 0 Å². The van der Waals surface area contributed by atoms with Crippen LogP contribution in [0.15, 0.2) is 35.5 Å². The highest BCUT2D eigenvalue weighted by Gasteiger charge is 2.02. The zero-order chi connectivity index (χ0) is 13.5. The molecular formula is C15H16N2OS. The third-order valence-corrected chi connectivity index (χ3v) is 2.95. The first-order valence-electron chi connectivity index (χ1n) is 6.38. The minimum atomic E-state index is 0.533. The van der Waals surface area contributed by atoms with E-state index in [1.165, 1.54) is 0 Å². The average molecular weight is 272 g/mol. The molecule has 3 nitrogen and oxygen atoms in total. The lowest BCUT2D eigenvalue weighted by Crippen LogP contribution is -1.97. The molecule has 2 rings (SSSR count). The van der Waals surface area contributed by atoms with E-state index >= 15 is 0 Å². The first-order valence-corrected chi connectivity index (χ1v) is 6.79. The largest absolute Gasteiger partial charge is 0.375 e. The number of rotatable bonds is 6. The minimum absolute atomic E-state index is 0.533. The molecule has 0 amide bonds. The van der Waals surface area contributed by atoms with Gasteiger partial charge in [0.05, 0.1) is 23.1 Å². The quantitative estimate of drug-likeness (QED) is 0.447. The molecule has 0 aliphatic carbocycles. The number of unbranched alkanes of at least 4 members (excludes halogenated alkanes) is 1. The Bertz CT molecular complexity index is 606. The van der Waals surface area contributed by atoms with Crippen LogP contribution in [0.1, 0.15) is 25.5 Å². The molecule has 0 bridgehead atoms. The van der Waals surface area contributed by atoms with E-state index in [4.69, 9.17) is 4.74 Å². The predicted octanol–water partition coefficient (Wildman–Crippen LogP) is 4.29. The SMILES string of the molecule is CCCCOCc1cc2c(N=C=S)cccc2cn1. The van der Waals surface area contributed by atoms with Gasteiger partial charge in [-0.2, -0.15) is 4.99 Å². The van der Waals surface area contributed by atoms with Gasteiger partial charge in [-0.05, 0) is 30.8 Å². The molecule has 0 fully saturated rings. The second-order valence-electron chi connectivity index (χ2n) is 4.28. The van der Waals surface area contributed by atoms with Crippen LogP contribution in [0.2, 0.25) is 0 Å². The molecule has 4 heteroatoms. The van der Waals surface area contributed by atoms with Gasteiger partial charge in [0.15, 0.2) is 0 Å². The van der Waals surface area contributed by atoms with Crippen LogP contribution in [-0.2, 0) is 11.3 Å². The van der Waals surface area contributed by atoms with Crippen LogP contribution in [0.5, 0.6) is 0 Å². The van der Waals surface area contributed by atoms with E-state index in [0.29, 0.717) is 6.61 Å². The molecule has 0 unspecified atom stereocenters. The number of isothiocyanates is 1. The smallest absolute Gasteiger partial charge is 0.0888 e. The van der Waals surface area contributed by atoms with Crippen LogP contribution in [0.4, 0.5) is 5.69 Å². The van der Waals surface area contributed by atoms with E-state index in [2.05, 4.69) is 34.3 Å². The summed E-state index contributed by atoms with van der Waals surface area (Å²) in [4.78, 5) is 8.47.